The number of rotatable bonds is 2. The zero-order valence-electron chi connectivity index (χ0n) is 10.7. The average Bonchev–Trinajstić information content (AvgIpc) is 2.92. The second-order valence-corrected chi connectivity index (χ2v) is 4.22. The summed E-state index contributed by atoms with van der Waals surface area (Å²) in [7, 11) is 0. The largest absolute Gasteiger partial charge is 0.425 e. The van der Waals surface area contributed by atoms with E-state index < -0.39 is 11.0 Å². The van der Waals surface area contributed by atoms with Crippen LogP contribution in [0.3, 0.4) is 0 Å². The van der Waals surface area contributed by atoms with Gasteiger partial charge in [0.2, 0.25) is 0 Å². The molecule has 0 saturated carbocycles. The highest BCUT2D eigenvalue weighted by molar-refractivity contribution is 5.87. The molecule has 0 aliphatic heterocycles. The van der Waals surface area contributed by atoms with Crippen LogP contribution < -0.4 is 4.74 Å². The Morgan fingerprint density at radius 3 is 2.57 bits per heavy atom. The lowest BCUT2D eigenvalue weighted by molar-refractivity contribution is -0.384. The molecule has 7 nitrogen and oxygen atoms in total. The molecule has 1 heterocycles. The Kier molecular flexibility index (Phi) is 3.07. The van der Waals surface area contributed by atoms with Crippen LogP contribution in [-0.2, 0) is 0 Å². The lowest BCUT2D eigenvalue weighted by Crippen LogP contribution is -2.15. The maximum atomic E-state index is 12.1. The zero-order chi connectivity index (χ0) is 14.8. The van der Waals surface area contributed by atoms with Crippen molar-refractivity contribution in [1.82, 2.24) is 9.55 Å². The Labute approximate surface area is 118 Å². The van der Waals surface area contributed by atoms with Gasteiger partial charge in [0.25, 0.3) is 5.69 Å². The molecule has 0 N–H and O–H groups in total. The third-order valence-corrected chi connectivity index (χ3v) is 2.90. The fourth-order valence-electron chi connectivity index (χ4n) is 1.89. The lowest BCUT2D eigenvalue weighted by Gasteiger charge is -2.04. The quantitative estimate of drug-likeness (QED) is 0.533. The number of aromatic nitrogens is 2. The number of hydrogen-bond acceptors (Lipinski definition) is 5. The number of para-hydroxylation sites is 2. The minimum Gasteiger partial charge on any atom is -0.410 e. The van der Waals surface area contributed by atoms with Crippen LogP contribution in [0.1, 0.15) is 0 Å². The number of hydrogen-bond donors (Lipinski definition) is 0. The van der Waals surface area contributed by atoms with Gasteiger partial charge in [0.1, 0.15) is 12.1 Å². The second kappa shape index (κ2) is 5.04. The maximum Gasteiger partial charge on any atom is 0.425 e. The highest BCUT2D eigenvalue weighted by Crippen LogP contribution is 2.19. The maximum absolute atomic E-state index is 12.1. The van der Waals surface area contributed by atoms with E-state index >= 15 is 0 Å². The highest BCUT2D eigenvalue weighted by Gasteiger charge is 2.12. The van der Waals surface area contributed by atoms with Crippen molar-refractivity contribution in [2.45, 2.75) is 0 Å². The van der Waals surface area contributed by atoms with Gasteiger partial charge in [0.15, 0.2) is 0 Å². The van der Waals surface area contributed by atoms with Gasteiger partial charge in [-0.25, -0.2) is 14.3 Å². The first kappa shape index (κ1) is 12.8. The van der Waals surface area contributed by atoms with Gasteiger partial charge in [-0.2, -0.15) is 0 Å². The fourth-order valence-corrected chi connectivity index (χ4v) is 1.89. The van der Waals surface area contributed by atoms with Crippen molar-refractivity contribution in [2.75, 3.05) is 0 Å². The number of carbonyl (C=O) groups is 1. The van der Waals surface area contributed by atoms with Crippen LogP contribution in [0, 0.1) is 10.1 Å². The normalized spacial score (nSPS) is 10.5. The Hall–Kier alpha value is -3.22. The van der Waals surface area contributed by atoms with Gasteiger partial charge in [0, 0.05) is 12.1 Å². The molecule has 0 radical (unpaired) electrons. The van der Waals surface area contributed by atoms with Gasteiger partial charge in [-0.3, -0.25) is 10.1 Å². The number of fused-ring (bicyclic) bond motifs is 1. The molecular weight excluding hydrogens is 274 g/mol. The van der Waals surface area contributed by atoms with Crippen molar-refractivity contribution in [1.29, 1.82) is 0 Å². The summed E-state index contributed by atoms with van der Waals surface area (Å²) in [6.45, 7) is 0. The minimum atomic E-state index is -0.627. The summed E-state index contributed by atoms with van der Waals surface area (Å²) in [4.78, 5) is 26.2. The minimum absolute atomic E-state index is 0.0668. The molecule has 0 bridgehead atoms. The van der Waals surface area contributed by atoms with Crippen LogP contribution in [0.5, 0.6) is 5.75 Å². The third-order valence-electron chi connectivity index (χ3n) is 2.90. The Bertz CT molecular complexity index is 824. The van der Waals surface area contributed by atoms with Gasteiger partial charge < -0.3 is 4.74 Å². The standard InChI is InChI=1S/C14H9N3O4/c18-14(16-9-15-12-3-1-2-4-13(12)16)21-11-7-5-10(6-8-11)17(19)20/h1-9H. The molecule has 0 atom stereocenters. The number of nitro groups is 1. The number of non-ortho nitro benzene ring substituents is 1. The van der Waals surface area contributed by atoms with Crippen molar-refractivity contribution in [2.24, 2.45) is 0 Å². The molecule has 104 valence electrons. The molecule has 0 unspecified atom stereocenters. The van der Waals surface area contributed by atoms with E-state index in [0.717, 1.165) is 0 Å². The van der Waals surface area contributed by atoms with E-state index in [0.29, 0.717) is 11.0 Å². The zero-order valence-corrected chi connectivity index (χ0v) is 10.7. The molecule has 2 aromatic carbocycles. The third kappa shape index (κ3) is 2.44. The van der Waals surface area contributed by atoms with Crippen molar-refractivity contribution in [3.05, 3.63) is 65.0 Å². The summed E-state index contributed by atoms with van der Waals surface area (Å²) >= 11 is 0. The first-order valence-corrected chi connectivity index (χ1v) is 6.04. The molecule has 1 aromatic heterocycles. The number of imidazole rings is 1. The summed E-state index contributed by atoms with van der Waals surface area (Å²) < 4.78 is 6.44. The van der Waals surface area contributed by atoms with Crippen LogP contribution in [-0.4, -0.2) is 20.6 Å². The fraction of sp³-hybridized carbons (Fsp3) is 0. The second-order valence-electron chi connectivity index (χ2n) is 4.22. The molecular formula is C14H9N3O4. The summed E-state index contributed by atoms with van der Waals surface area (Å²) in [5.41, 5.74) is 1.24. The van der Waals surface area contributed by atoms with Crippen LogP contribution >= 0.6 is 0 Å². The van der Waals surface area contributed by atoms with Crippen molar-refractivity contribution in [3.63, 3.8) is 0 Å². The number of benzene rings is 2. The smallest absolute Gasteiger partial charge is 0.410 e. The molecule has 0 aliphatic carbocycles. The molecule has 0 amide bonds. The summed E-state index contributed by atoms with van der Waals surface area (Å²) in [5.74, 6) is 0.225. The highest BCUT2D eigenvalue weighted by atomic mass is 16.6. The SMILES string of the molecule is O=C(Oc1ccc([N+](=O)[O-])cc1)n1cnc2ccccc21. The van der Waals surface area contributed by atoms with E-state index in [1.165, 1.54) is 35.2 Å². The van der Waals surface area contributed by atoms with Crippen molar-refractivity contribution < 1.29 is 14.5 Å². The van der Waals surface area contributed by atoms with Crippen LogP contribution in [0.25, 0.3) is 11.0 Å². The summed E-state index contributed by atoms with van der Waals surface area (Å²) in [5, 5.41) is 10.6. The van der Waals surface area contributed by atoms with E-state index in [-0.39, 0.29) is 11.4 Å². The Balaban J connectivity index is 1.84. The first-order valence-electron chi connectivity index (χ1n) is 6.04. The van der Waals surface area contributed by atoms with Crippen LogP contribution in [0.4, 0.5) is 10.5 Å². The molecule has 3 rings (SSSR count). The number of ether oxygens (including phenoxy) is 1. The van der Waals surface area contributed by atoms with E-state index in [2.05, 4.69) is 4.98 Å². The van der Waals surface area contributed by atoms with E-state index in [1.54, 1.807) is 18.2 Å². The first-order chi connectivity index (χ1) is 10.1. The monoisotopic (exact) mass is 283 g/mol. The van der Waals surface area contributed by atoms with Gasteiger partial charge >= 0.3 is 6.09 Å². The van der Waals surface area contributed by atoms with E-state index in [9.17, 15) is 14.9 Å². The topological polar surface area (TPSA) is 87.3 Å². The molecule has 0 saturated heterocycles. The molecule has 0 fully saturated rings. The van der Waals surface area contributed by atoms with Gasteiger partial charge in [0.05, 0.1) is 16.0 Å². The summed E-state index contributed by atoms with van der Waals surface area (Å²) in [6, 6.07) is 12.4. The molecule has 0 aliphatic rings. The Morgan fingerprint density at radius 2 is 1.86 bits per heavy atom. The molecule has 21 heavy (non-hydrogen) atoms. The predicted molar refractivity (Wildman–Crippen MR) is 74.3 cm³/mol. The van der Waals surface area contributed by atoms with Gasteiger partial charge in [-0.15, -0.1) is 0 Å². The molecule has 7 heteroatoms. The molecule has 3 aromatic rings. The van der Waals surface area contributed by atoms with Gasteiger partial charge in [-0.05, 0) is 24.3 Å². The lowest BCUT2D eigenvalue weighted by atomic mass is 10.3. The predicted octanol–water partition coefficient (Wildman–Crippen LogP) is 2.99. The van der Waals surface area contributed by atoms with E-state index in [4.69, 9.17) is 4.74 Å². The van der Waals surface area contributed by atoms with Crippen LogP contribution in [0.15, 0.2) is 54.9 Å². The van der Waals surface area contributed by atoms with Crippen LogP contribution in [0.2, 0.25) is 0 Å². The van der Waals surface area contributed by atoms with E-state index in [1.807, 2.05) is 6.07 Å². The molecule has 0 spiro atoms. The number of nitrogens with zero attached hydrogens (tertiary/aromatic N) is 3. The van der Waals surface area contributed by atoms with Crippen molar-refractivity contribution in [3.8, 4) is 5.75 Å². The van der Waals surface area contributed by atoms with Crippen molar-refractivity contribution >= 4 is 22.8 Å². The summed E-state index contributed by atoms with van der Waals surface area (Å²) in [6.07, 6.45) is 0.746. The number of nitro benzene ring substituents is 1. The Morgan fingerprint density at radius 1 is 1.14 bits per heavy atom. The van der Waals surface area contributed by atoms with Gasteiger partial charge in [-0.1, -0.05) is 12.1 Å². The average molecular weight is 283 g/mol. The number of carbonyl (C=O) groups excluding carboxylic acids is 1.